The van der Waals surface area contributed by atoms with Crippen molar-refractivity contribution < 1.29 is 4.79 Å². The Labute approximate surface area is 124 Å². The number of carbonyl (C=O) groups is 1. The van der Waals surface area contributed by atoms with Crippen molar-refractivity contribution in [2.75, 3.05) is 16.8 Å². The quantitative estimate of drug-likeness (QED) is 0.584. The van der Waals surface area contributed by atoms with Crippen LogP contribution in [0.25, 0.3) is 0 Å². The van der Waals surface area contributed by atoms with Crippen molar-refractivity contribution in [2.24, 2.45) is 5.92 Å². The molecule has 0 spiro atoms. The molecule has 0 aliphatic heterocycles. The van der Waals surface area contributed by atoms with Gasteiger partial charge in [0.15, 0.2) is 0 Å². The van der Waals surface area contributed by atoms with Crippen LogP contribution < -0.4 is 11.1 Å². The number of amides is 1. The van der Waals surface area contributed by atoms with Crippen LogP contribution in [0.1, 0.15) is 5.56 Å². The third-order valence-electron chi connectivity index (χ3n) is 3.13. The molecular formula is C16H18N2OS. The van der Waals surface area contributed by atoms with Gasteiger partial charge in [-0.3, -0.25) is 4.79 Å². The van der Waals surface area contributed by atoms with Gasteiger partial charge in [-0.2, -0.15) is 12.6 Å². The number of carbonyl (C=O) groups excluding carboxylic acids is 1. The average molecular weight is 286 g/mol. The van der Waals surface area contributed by atoms with Crippen LogP contribution in [0, 0.1) is 5.92 Å². The summed E-state index contributed by atoms with van der Waals surface area (Å²) in [6.07, 6.45) is 0.670. The summed E-state index contributed by atoms with van der Waals surface area (Å²) < 4.78 is 0. The Morgan fingerprint density at radius 3 is 2.40 bits per heavy atom. The van der Waals surface area contributed by atoms with Crippen molar-refractivity contribution >= 4 is 29.9 Å². The van der Waals surface area contributed by atoms with Crippen LogP contribution in [0.2, 0.25) is 0 Å². The summed E-state index contributed by atoms with van der Waals surface area (Å²) in [4.78, 5) is 12.3. The molecule has 0 aliphatic carbocycles. The average Bonchev–Trinajstić information content (AvgIpc) is 2.48. The molecule has 3 N–H and O–H groups in total. The molecule has 2 aromatic carbocycles. The van der Waals surface area contributed by atoms with Crippen molar-refractivity contribution in [3.63, 3.8) is 0 Å². The van der Waals surface area contributed by atoms with E-state index in [2.05, 4.69) is 17.9 Å². The van der Waals surface area contributed by atoms with Gasteiger partial charge in [0.05, 0.1) is 17.3 Å². The van der Waals surface area contributed by atoms with Crippen LogP contribution in [0.4, 0.5) is 11.4 Å². The summed E-state index contributed by atoms with van der Waals surface area (Å²) >= 11 is 4.29. The highest BCUT2D eigenvalue weighted by Gasteiger charge is 2.18. The monoisotopic (exact) mass is 286 g/mol. The van der Waals surface area contributed by atoms with E-state index in [1.54, 1.807) is 12.1 Å². The lowest BCUT2D eigenvalue weighted by Crippen LogP contribution is -2.26. The number of nitrogens with two attached hydrogens (primary N) is 1. The fourth-order valence-corrected chi connectivity index (χ4v) is 2.28. The van der Waals surface area contributed by atoms with Gasteiger partial charge in [0.1, 0.15) is 0 Å². The standard InChI is InChI=1S/C16H18N2OS/c17-14-8-4-5-9-15(14)18-16(19)13(11-20)10-12-6-2-1-3-7-12/h1-9,13,20H,10-11,17H2,(H,18,19). The van der Waals surface area contributed by atoms with Gasteiger partial charge >= 0.3 is 0 Å². The number of nitrogens with one attached hydrogen (secondary N) is 1. The van der Waals surface area contributed by atoms with E-state index in [-0.39, 0.29) is 11.8 Å². The Bertz CT molecular complexity index is 572. The first-order chi connectivity index (χ1) is 9.70. The molecule has 1 unspecified atom stereocenters. The van der Waals surface area contributed by atoms with Gasteiger partial charge in [-0.25, -0.2) is 0 Å². The molecule has 20 heavy (non-hydrogen) atoms. The molecule has 4 heteroatoms. The summed E-state index contributed by atoms with van der Waals surface area (Å²) in [5, 5.41) is 2.87. The largest absolute Gasteiger partial charge is 0.397 e. The number of para-hydroxylation sites is 2. The molecular weight excluding hydrogens is 268 g/mol. The molecule has 0 radical (unpaired) electrons. The minimum atomic E-state index is -0.180. The first-order valence-electron chi connectivity index (χ1n) is 6.51. The Kier molecular flexibility index (Phi) is 5.07. The Balaban J connectivity index is 2.04. The van der Waals surface area contributed by atoms with E-state index >= 15 is 0 Å². The van der Waals surface area contributed by atoms with Gasteiger partial charge in [-0.1, -0.05) is 42.5 Å². The lowest BCUT2D eigenvalue weighted by Gasteiger charge is -2.15. The van der Waals surface area contributed by atoms with Crippen LogP contribution in [-0.2, 0) is 11.2 Å². The minimum Gasteiger partial charge on any atom is -0.397 e. The number of benzene rings is 2. The van der Waals surface area contributed by atoms with E-state index in [0.717, 1.165) is 5.56 Å². The molecule has 0 bridgehead atoms. The van der Waals surface area contributed by atoms with Crippen LogP contribution in [-0.4, -0.2) is 11.7 Å². The summed E-state index contributed by atoms with van der Waals surface area (Å²) in [6, 6.07) is 17.2. The second-order valence-corrected chi connectivity index (χ2v) is 5.01. The van der Waals surface area contributed by atoms with E-state index in [1.807, 2.05) is 42.5 Å². The molecule has 0 heterocycles. The first kappa shape index (κ1) is 14.5. The predicted octanol–water partition coefficient (Wildman–Crippen LogP) is 3.00. The number of thiol groups is 1. The third-order valence-corrected chi connectivity index (χ3v) is 3.58. The molecule has 0 aromatic heterocycles. The van der Waals surface area contributed by atoms with Gasteiger partial charge in [-0.05, 0) is 24.1 Å². The molecule has 2 rings (SSSR count). The van der Waals surface area contributed by atoms with Gasteiger partial charge in [0.2, 0.25) is 5.91 Å². The summed E-state index contributed by atoms with van der Waals surface area (Å²) in [5.74, 6) is 0.259. The lowest BCUT2D eigenvalue weighted by molar-refractivity contribution is -0.119. The molecule has 1 atom stereocenters. The Morgan fingerprint density at radius 1 is 1.10 bits per heavy atom. The summed E-state index contributed by atoms with van der Waals surface area (Å²) in [7, 11) is 0. The maximum atomic E-state index is 12.3. The Morgan fingerprint density at radius 2 is 1.75 bits per heavy atom. The fraction of sp³-hybridized carbons (Fsp3) is 0.188. The highest BCUT2D eigenvalue weighted by Crippen LogP contribution is 2.19. The zero-order valence-corrected chi connectivity index (χ0v) is 12.0. The van der Waals surface area contributed by atoms with Crippen LogP contribution >= 0.6 is 12.6 Å². The smallest absolute Gasteiger partial charge is 0.228 e. The lowest BCUT2D eigenvalue weighted by atomic mass is 10.00. The second kappa shape index (κ2) is 7.01. The molecule has 1 amide bonds. The third kappa shape index (κ3) is 3.78. The van der Waals surface area contributed by atoms with Gasteiger partial charge < -0.3 is 11.1 Å². The molecule has 0 saturated heterocycles. The van der Waals surface area contributed by atoms with Crippen LogP contribution in [0.5, 0.6) is 0 Å². The Hall–Kier alpha value is -1.94. The highest BCUT2D eigenvalue weighted by molar-refractivity contribution is 7.80. The van der Waals surface area contributed by atoms with E-state index < -0.39 is 0 Å². The maximum absolute atomic E-state index is 12.3. The summed E-state index contributed by atoms with van der Waals surface area (Å²) in [5.41, 5.74) is 8.18. The SMILES string of the molecule is Nc1ccccc1NC(=O)C(CS)Cc1ccccc1. The van der Waals surface area contributed by atoms with Crippen LogP contribution in [0.15, 0.2) is 54.6 Å². The minimum absolute atomic E-state index is 0.0539. The molecule has 0 aliphatic rings. The second-order valence-electron chi connectivity index (χ2n) is 4.65. The number of hydrogen-bond acceptors (Lipinski definition) is 3. The van der Waals surface area contributed by atoms with Gasteiger partial charge in [0.25, 0.3) is 0 Å². The molecule has 3 nitrogen and oxygen atoms in total. The van der Waals surface area contributed by atoms with Crippen molar-refractivity contribution in [3.8, 4) is 0 Å². The van der Waals surface area contributed by atoms with Crippen molar-refractivity contribution in [1.82, 2.24) is 0 Å². The topological polar surface area (TPSA) is 55.1 Å². The number of nitrogen functional groups attached to an aromatic ring is 1. The molecule has 104 valence electrons. The highest BCUT2D eigenvalue weighted by atomic mass is 32.1. The number of rotatable bonds is 5. The van der Waals surface area contributed by atoms with Crippen molar-refractivity contribution in [3.05, 3.63) is 60.2 Å². The van der Waals surface area contributed by atoms with E-state index in [1.165, 1.54) is 0 Å². The molecule has 0 fully saturated rings. The molecule has 2 aromatic rings. The van der Waals surface area contributed by atoms with Crippen LogP contribution in [0.3, 0.4) is 0 Å². The van der Waals surface area contributed by atoms with E-state index in [9.17, 15) is 4.79 Å². The summed E-state index contributed by atoms with van der Waals surface area (Å²) in [6.45, 7) is 0. The van der Waals surface area contributed by atoms with E-state index in [0.29, 0.717) is 23.5 Å². The zero-order valence-electron chi connectivity index (χ0n) is 11.1. The fourth-order valence-electron chi connectivity index (χ4n) is 1.98. The maximum Gasteiger partial charge on any atom is 0.228 e. The van der Waals surface area contributed by atoms with Crippen molar-refractivity contribution in [1.29, 1.82) is 0 Å². The van der Waals surface area contributed by atoms with Crippen molar-refractivity contribution in [2.45, 2.75) is 6.42 Å². The predicted molar refractivity (Wildman–Crippen MR) is 87.0 cm³/mol. The van der Waals surface area contributed by atoms with Gasteiger partial charge in [-0.15, -0.1) is 0 Å². The van der Waals surface area contributed by atoms with E-state index in [4.69, 9.17) is 5.73 Å². The number of hydrogen-bond donors (Lipinski definition) is 3. The molecule has 0 saturated carbocycles. The van der Waals surface area contributed by atoms with Gasteiger partial charge in [0, 0.05) is 5.75 Å². The zero-order chi connectivity index (χ0) is 14.4. The first-order valence-corrected chi connectivity index (χ1v) is 7.14. The normalized spacial score (nSPS) is 11.8. The number of anilines is 2.